The molecule has 2 N–H and O–H groups in total. The summed E-state index contributed by atoms with van der Waals surface area (Å²) in [5.74, 6) is -0.976. The van der Waals surface area contributed by atoms with Crippen LogP contribution in [0.15, 0.2) is 46.4 Å². The van der Waals surface area contributed by atoms with Gasteiger partial charge in [0.1, 0.15) is 5.82 Å². The molecule has 1 aromatic carbocycles. The molecule has 2 aliphatic rings. The van der Waals surface area contributed by atoms with Crippen LogP contribution >= 0.6 is 0 Å². The highest BCUT2D eigenvalue weighted by Crippen LogP contribution is 2.32. The smallest absolute Gasteiger partial charge is 0.314 e. The topological polar surface area (TPSA) is 136 Å². The van der Waals surface area contributed by atoms with Gasteiger partial charge in [0.15, 0.2) is 11.5 Å². The number of aliphatic imine (C=N–C) groups is 2. The summed E-state index contributed by atoms with van der Waals surface area (Å²) in [5, 5.41) is 9.20. The standard InChI is InChI=1S/C20H18N6O5/c1-10-6-16(26(25-10)20-22-12(3)11(2)17(27)24-20)23-19(29)18(28)21-8-13-4-5-14-15(7-13)31-9-30-14/h4-7H,2,8-9H2,1,3H3,(H,21,28)(H,23,29). The minimum absolute atomic E-state index is 0.0286. The summed E-state index contributed by atoms with van der Waals surface area (Å²) >= 11 is 0. The van der Waals surface area contributed by atoms with E-state index in [1.165, 1.54) is 10.7 Å². The largest absolute Gasteiger partial charge is 0.454 e. The Morgan fingerprint density at radius 2 is 1.90 bits per heavy atom. The van der Waals surface area contributed by atoms with E-state index in [0.717, 1.165) is 5.56 Å². The quantitative estimate of drug-likeness (QED) is 0.558. The van der Waals surface area contributed by atoms with Gasteiger partial charge in [-0.05, 0) is 31.5 Å². The van der Waals surface area contributed by atoms with E-state index >= 15 is 0 Å². The molecule has 3 heterocycles. The molecular weight excluding hydrogens is 404 g/mol. The van der Waals surface area contributed by atoms with Gasteiger partial charge in [0.05, 0.1) is 17.0 Å². The number of nitrogens with one attached hydrogen (secondary N) is 2. The van der Waals surface area contributed by atoms with Gasteiger partial charge in [-0.1, -0.05) is 12.6 Å². The van der Waals surface area contributed by atoms with Gasteiger partial charge >= 0.3 is 11.8 Å². The molecule has 0 saturated carbocycles. The molecule has 11 heteroatoms. The lowest BCUT2D eigenvalue weighted by molar-refractivity contribution is -0.136. The maximum atomic E-state index is 12.4. The summed E-state index contributed by atoms with van der Waals surface area (Å²) in [4.78, 5) is 44.6. The Morgan fingerprint density at radius 1 is 1.13 bits per heavy atom. The molecule has 0 saturated heterocycles. The number of fused-ring (bicyclic) bond motifs is 1. The third-order valence-electron chi connectivity index (χ3n) is 4.52. The first-order valence-electron chi connectivity index (χ1n) is 9.24. The lowest BCUT2D eigenvalue weighted by atomic mass is 10.2. The van der Waals surface area contributed by atoms with Crippen molar-refractivity contribution in [2.24, 2.45) is 9.98 Å². The molecule has 0 unspecified atom stereocenters. The molecule has 0 radical (unpaired) electrons. The van der Waals surface area contributed by atoms with Crippen molar-refractivity contribution >= 4 is 35.2 Å². The average molecular weight is 422 g/mol. The second-order valence-electron chi connectivity index (χ2n) is 6.80. The number of amides is 3. The van der Waals surface area contributed by atoms with Crippen LogP contribution in [0.2, 0.25) is 0 Å². The van der Waals surface area contributed by atoms with E-state index in [1.54, 1.807) is 32.0 Å². The first kappa shape index (κ1) is 20.0. The summed E-state index contributed by atoms with van der Waals surface area (Å²) in [7, 11) is 0. The number of anilines is 1. The summed E-state index contributed by atoms with van der Waals surface area (Å²) in [6.45, 7) is 7.19. The fourth-order valence-electron chi connectivity index (χ4n) is 2.88. The Balaban J connectivity index is 1.44. The van der Waals surface area contributed by atoms with Gasteiger partial charge in [0.2, 0.25) is 6.79 Å². The Kier molecular flexibility index (Phi) is 5.07. The second kappa shape index (κ2) is 7.86. The van der Waals surface area contributed by atoms with Crippen molar-refractivity contribution in [2.45, 2.75) is 20.4 Å². The van der Waals surface area contributed by atoms with Crippen molar-refractivity contribution in [1.29, 1.82) is 0 Å². The highest BCUT2D eigenvalue weighted by Gasteiger charge is 2.23. The molecule has 11 nitrogen and oxygen atoms in total. The third-order valence-corrected chi connectivity index (χ3v) is 4.52. The SMILES string of the molecule is C=C1C(=O)N=C(n2nc(C)cc2NC(=O)C(=O)NCc2ccc3c(c2)OCO3)N=C1C. The summed E-state index contributed by atoms with van der Waals surface area (Å²) < 4.78 is 11.7. The van der Waals surface area contributed by atoms with Crippen LogP contribution in [0.1, 0.15) is 18.2 Å². The summed E-state index contributed by atoms with van der Waals surface area (Å²) in [6, 6.07) is 6.75. The number of aromatic nitrogens is 2. The van der Waals surface area contributed by atoms with Crippen LogP contribution in [0.3, 0.4) is 0 Å². The van der Waals surface area contributed by atoms with Crippen molar-refractivity contribution in [3.05, 3.63) is 47.7 Å². The first-order chi connectivity index (χ1) is 14.8. The number of carbonyl (C=O) groups excluding carboxylic acids is 3. The van der Waals surface area contributed by atoms with E-state index in [0.29, 0.717) is 22.9 Å². The predicted octanol–water partition coefficient (Wildman–Crippen LogP) is 0.937. The van der Waals surface area contributed by atoms with Gasteiger partial charge in [-0.15, -0.1) is 0 Å². The molecule has 3 amide bonds. The fraction of sp³-hybridized carbons (Fsp3) is 0.200. The normalized spacial score (nSPS) is 14.8. The molecule has 0 bridgehead atoms. The fourth-order valence-corrected chi connectivity index (χ4v) is 2.88. The Labute approximate surface area is 176 Å². The first-order valence-corrected chi connectivity index (χ1v) is 9.24. The third kappa shape index (κ3) is 4.06. The van der Waals surface area contributed by atoms with E-state index in [9.17, 15) is 14.4 Å². The molecule has 31 heavy (non-hydrogen) atoms. The van der Waals surface area contributed by atoms with E-state index in [4.69, 9.17) is 9.47 Å². The molecule has 0 spiro atoms. The van der Waals surface area contributed by atoms with Crippen molar-refractivity contribution in [2.75, 3.05) is 12.1 Å². The zero-order valence-electron chi connectivity index (χ0n) is 16.8. The second-order valence-corrected chi connectivity index (χ2v) is 6.80. The van der Waals surface area contributed by atoms with Crippen LogP contribution in [-0.2, 0) is 20.9 Å². The van der Waals surface area contributed by atoms with Crippen LogP contribution in [0, 0.1) is 6.92 Å². The number of ether oxygens (including phenoxy) is 2. The molecule has 4 rings (SSSR count). The number of hydrogen-bond acceptors (Lipinski definition) is 7. The Morgan fingerprint density at radius 3 is 2.68 bits per heavy atom. The molecule has 1 aromatic heterocycles. The van der Waals surface area contributed by atoms with Crippen LogP contribution in [-0.4, -0.2) is 46.0 Å². The average Bonchev–Trinajstić information content (AvgIpc) is 3.35. The van der Waals surface area contributed by atoms with E-state index in [2.05, 4.69) is 32.3 Å². The zero-order valence-corrected chi connectivity index (χ0v) is 16.8. The van der Waals surface area contributed by atoms with Crippen molar-refractivity contribution in [1.82, 2.24) is 15.1 Å². The minimum atomic E-state index is -0.908. The lowest BCUT2D eigenvalue weighted by Crippen LogP contribution is -2.36. The lowest BCUT2D eigenvalue weighted by Gasteiger charge is -2.12. The molecular formula is C20H18N6O5. The van der Waals surface area contributed by atoms with Crippen LogP contribution < -0.4 is 20.1 Å². The highest BCUT2D eigenvalue weighted by molar-refractivity contribution is 6.39. The summed E-state index contributed by atoms with van der Waals surface area (Å²) in [6.07, 6.45) is 0. The Hall–Kier alpha value is -4.28. The van der Waals surface area contributed by atoms with E-state index in [1.807, 2.05) is 0 Å². The van der Waals surface area contributed by atoms with Gasteiger partial charge in [0, 0.05) is 12.6 Å². The molecule has 2 aromatic rings. The van der Waals surface area contributed by atoms with Crippen LogP contribution in [0.5, 0.6) is 11.5 Å². The van der Waals surface area contributed by atoms with E-state index < -0.39 is 17.7 Å². The molecule has 0 atom stereocenters. The Bertz CT molecular complexity index is 1190. The number of hydrogen-bond donors (Lipinski definition) is 2. The van der Waals surface area contributed by atoms with Crippen molar-refractivity contribution < 1.29 is 23.9 Å². The molecule has 0 aliphatic carbocycles. The number of nitrogens with zero attached hydrogens (tertiary/aromatic N) is 4. The van der Waals surface area contributed by atoms with Crippen molar-refractivity contribution in [3.8, 4) is 11.5 Å². The van der Waals surface area contributed by atoms with Gasteiger partial charge in [-0.2, -0.15) is 14.8 Å². The number of rotatable bonds is 3. The molecule has 158 valence electrons. The number of aryl methyl sites for hydroxylation is 1. The number of benzene rings is 1. The maximum Gasteiger partial charge on any atom is 0.314 e. The van der Waals surface area contributed by atoms with E-state index in [-0.39, 0.29) is 30.7 Å². The summed E-state index contributed by atoms with van der Waals surface area (Å²) in [5.41, 5.74) is 1.85. The predicted molar refractivity (Wildman–Crippen MR) is 110 cm³/mol. The van der Waals surface area contributed by atoms with Gasteiger partial charge < -0.3 is 20.1 Å². The van der Waals surface area contributed by atoms with Gasteiger partial charge in [-0.3, -0.25) is 14.4 Å². The number of carbonyl (C=O) groups is 3. The van der Waals surface area contributed by atoms with Crippen LogP contribution in [0.25, 0.3) is 0 Å². The monoisotopic (exact) mass is 422 g/mol. The zero-order chi connectivity index (χ0) is 22.1. The minimum Gasteiger partial charge on any atom is -0.454 e. The van der Waals surface area contributed by atoms with Crippen LogP contribution in [0.4, 0.5) is 5.82 Å². The van der Waals surface area contributed by atoms with Gasteiger partial charge in [-0.25, -0.2) is 4.99 Å². The maximum absolute atomic E-state index is 12.4. The highest BCUT2D eigenvalue weighted by atomic mass is 16.7. The molecule has 0 fully saturated rings. The molecule has 2 aliphatic heterocycles. The van der Waals surface area contributed by atoms with Crippen molar-refractivity contribution in [3.63, 3.8) is 0 Å². The van der Waals surface area contributed by atoms with Gasteiger partial charge in [0.25, 0.3) is 11.9 Å².